The Bertz CT molecular complexity index is 592. The molecule has 6 nitrogen and oxygen atoms in total. The molecular weight excluding hydrogens is 292 g/mol. The van der Waals surface area contributed by atoms with Gasteiger partial charge in [-0.15, -0.1) is 0 Å². The number of rotatable bonds is 3. The van der Waals surface area contributed by atoms with Crippen LogP contribution in [0.4, 0.5) is 0 Å². The van der Waals surface area contributed by atoms with E-state index in [9.17, 15) is 4.79 Å². The quantitative estimate of drug-likeness (QED) is 0.863. The van der Waals surface area contributed by atoms with Gasteiger partial charge >= 0.3 is 0 Å². The minimum absolute atomic E-state index is 0.100. The first-order chi connectivity index (χ1) is 10.2. The maximum atomic E-state index is 12.3. The molecule has 3 rings (SSSR count). The number of nitrogens with zero attached hydrogens (tertiary/aromatic N) is 4. The number of hydrogen-bond donors (Lipinski definition) is 0. The van der Waals surface area contributed by atoms with E-state index < -0.39 is 0 Å². The van der Waals surface area contributed by atoms with E-state index in [0.29, 0.717) is 18.8 Å². The summed E-state index contributed by atoms with van der Waals surface area (Å²) in [7, 11) is 0. The largest absolute Gasteiger partial charge is 0.468 e. The molecule has 0 aliphatic carbocycles. The number of piperazine rings is 1. The number of carbonyl (C=O) groups excluding carboxylic acids is 1. The molecule has 1 aliphatic heterocycles. The molecule has 1 aliphatic rings. The number of furan rings is 1. The van der Waals surface area contributed by atoms with Gasteiger partial charge in [-0.3, -0.25) is 9.69 Å². The molecular formula is C14H15ClN4O2. The van der Waals surface area contributed by atoms with E-state index in [4.69, 9.17) is 16.0 Å². The standard InChI is InChI=1S/C14H15ClN4O2/c15-13-9-16-12(8-17-13)14(20)19-5-3-18(4-6-19)10-11-2-1-7-21-11/h1-2,7-9H,3-6,10H2. The second kappa shape index (κ2) is 6.24. The highest BCUT2D eigenvalue weighted by Gasteiger charge is 2.23. The van der Waals surface area contributed by atoms with Gasteiger partial charge in [-0.2, -0.15) is 0 Å². The molecule has 0 aromatic carbocycles. The zero-order chi connectivity index (χ0) is 14.7. The molecule has 2 aromatic heterocycles. The summed E-state index contributed by atoms with van der Waals surface area (Å²) in [6.45, 7) is 3.74. The monoisotopic (exact) mass is 306 g/mol. The summed E-state index contributed by atoms with van der Waals surface area (Å²) < 4.78 is 5.34. The summed E-state index contributed by atoms with van der Waals surface area (Å²) in [5.41, 5.74) is 0.332. The van der Waals surface area contributed by atoms with Crippen LogP contribution in [-0.2, 0) is 6.54 Å². The van der Waals surface area contributed by atoms with Gasteiger partial charge in [-0.25, -0.2) is 9.97 Å². The first-order valence-corrected chi connectivity index (χ1v) is 7.12. The first-order valence-electron chi connectivity index (χ1n) is 6.74. The third-order valence-electron chi connectivity index (χ3n) is 3.46. The fourth-order valence-corrected chi connectivity index (χ4v) is 2.41. The Morgan fingerprint density at radius 2 is 2.05 bits per heavy atom. The zero-order valence-electron chi connectivity index (χ0n) is 11.4. The van der Waals surface area contributed by atoms with E-state index >= 15 is 0 Å². The third kappa shape index (κ3) is 3.40. The van der Waals surface area contributed by atoms with Gasteiger partial charge in [0.2, 0.25) is 0 Å². The molecule has 0 spiro atoms. The number of halogens is 1. The normalized spacial score (nSPS) is 16.1. The summed E-state index contributed by atoms with van der Waals surface area (Å²) in [5, 5.41) is 0.287. The fourth-order valence-electron chi connectivity index (χ4n) is 2.32. The molecule has 0 unspecified atom stereocenters. The molecule has 0 N–H and O–H groups in total. The SMILES string of the molecule is O=C(c1cnc(Cl)cn1)N1CCN(Cc2ccco2)CC1. The molecule has 7 heteroatoms. The van der Waals surface area contributed by atoms with Gasteiger partial charge in [0.25, 0.3) is 5.91 Å². The molecule has 110 valence electrons. The highest BCUT2D eigenvalue weighted by Crippen LogP contribution is 2.11. The van der Waals surface area contributed by atoms with Crippen LogP contribution in [0.2, 0.25) is 5.15 Å². The summed E-state index contributed by atoms with van der Waals surface area (Å²) >= 11 is 5.67. The van der Waals surface area contributed by atoms with Crippen molar-refractivity contribution in [3.05, 3.63) is 47.4 Å². The van der Waals surface area contributed by atoms with E-state index in [-0.39, 0.29) is 11.1 Å². The molecule has 2 aromatic rings. The Balaban J connectivity index is 1.55. The molecule has 3 heterocycles. The Labute approximate surface area is 127 Å². The Morgan fingerprint density at radius 3 is 2.67 bits per heavy atom. The first kappa shape index (κ1) is 14.0. The second-order valence-electron chi connectivity index (χ2n) is 4.87. The Kier molecular flexibility index (Phi) is 4.17. The number of aromatic nitrogens is 2. The topological polar surface area (TPSA) is 62.5 Å². The van der Waals surface area contributed by atoms with Crippen molar-refractivity contribution in [2.45, 2.75) is 6.54 Å². The molecule has 1 amide bonds. The summed E-state index contributed by atoms with van der Waals surface area (Å²) in [6.07, 6.45) is 4.48. The van der Waals surface area contributed by atoms with Crippen molar-refractivity contribution in [3.63, 3.8) is 0 Å². The van der Waals surface area contributed by atoms with E-state index in [2.05, 4.69) is 14.9 Å². The molecule has 0 radical (unpaired) electrons. The van der Waals surface area contributed by atoms with E-state index in [1.54, 1.807) is 11.2 Å². The van der Waals surface area contributed by atoms with Crippen LogP contribution in [0.1, 0.15) is 16.2 Å². The zero-order valence-corrected chi connectivity index (χ0v) is 12.2. The average Bonchev–Trinajstić information content (AvgIpc) is 3.01. The van der Waals surface area contributed by atoms with Gasteiger partial charge in [0.15, 0.2) is 0 Å². The minimum atomic E-state index is -0.100. The molecule has 0 bridgehead atoms. The van der Waals surface area contributed by atoms with Crippen LogP contribution in [-0.4, -0.2) is 51.9 Å². The third-order valence-corrected chi connectivity index (χ3v) is 3.65. The lowest BCUT2D eigenvalue weighted by Crippen LogP contribution is -2.48. The van der Waals surface area contributed by atoms with Gasteiger partial charge in [-0.05, 0) is 12.1 Å². The van der Waals surface area contributed by atoms with Crippen molar-refractivity contribution in [2.24, 2.45) is 0 Å². The smallest absolute Gasteiger partial charge is 0.274 e. The summed E-state index contributed by atoms with van der Waals surface area (Å²) in [4.78, 5) is 24.2. The van der Waals surface area contributed by atoms with E-state index in [1.165, 1.54) is 12.4 Å². The van der Waals surface area contributed by atoms with Crippen molar-refractivity contribution in [3.8, 4) is 0 Å². The van der Waals surface area contributed by atoms with Crippen LogP contribution in [0, 0.1) is 0 Å². The maximum Gasteiger partial charge on any atom is 0.274 e. The predicted molar refractivity (Wildman–Crippen MR) is 76.9 cm³/mol. The van der Waals surface area contributed by atoms with E-state index in [0.717, 1.165) is 25.4 Å². The Hall–Kier alpha value is -1.92. The fraction of sp³-hybridized carbons (Fsp3) is 0.357. The highest BCUT2D eigenvalue weighted by atomic mass is 35.5. The van der Waals surface area contributed by atoms with Gasteiger partial charge in [-0.1, -0.05) is 11.6 Å². The van der Waals surface area contributed by atoms with Crippen molar-refractivity contribution in [1.82, 2.24) is 19.8 Å². The highest BCUT2D eigenvalue weighted by molar-refractivity contribution is 6.29. The lowest BCUT2D eigenvalue weighted by molar-refractivity contribution is 0.0614. The van der Waals surface area contributed by atoms with Crippen molar-refractivity contribution < 1.29 is 9.21 Å². The number of amides is 1. The summed E-state index contributed by atoms with van der Waals surface area (Å²) in [6, 6.07) is 3.84. The summed E-state index contributed by atoms with van der Waals surface area (Å²) in [5.74, 6) is 0.843. The molecule has 1 saturated heterocycles. The van der Waals surface area contributed by atoms with Crippen LogP contribution in [0.15, 0.2) is 35.2 Å². The second-order valence-corrected chi connectivity index (χ2v) is 5.26. The lowest BCUT2D eigenvalue weighted by atomic mass is 10.2. The van der Waals surface area contributed by atoms with Crippen molar-refractivity contribution in [2.75, 3.05) is 26.2 Å². The minimum Gasteiger partial charge on any atom is -0.468 e. The van der Waals surface area contributed by atoms with Gasteiger partial charge in [0, 0.05) is 26.2 Å². The van der Waals surface area contributed by atoms with Crippen LogP contribution in [0.3, 0.4) is 0 Å². The Morgan fingerprint density at radius 1 is 1.24 bits per heavy atom. The van der Waals surface area contributed by atoms with Crippen molar-refractivity contribution in [1.29, 1.82) is 0 Å². The lowest BCUT2D eigenvalue weighted by Gasteiger charge is -2.34. The van der Waals surface area contributed by atoms with Gasteiger partial charge in [0.1, 0.15) is 16.6 Å². The molecule has 21 heavy (non-hydrogen) atoms. The van der Waals surface area contributed by atoms with E-state index in [1.807, 2.05) is 12.1 Å². The number of hydrogen-bond acceptors (Lipinski definition) is 5. The van der Waals surface area contributed by atoms with Gasteiger partial charge in [0.05, 0.1) is 25.2 Å². The predicted octanol–water partition coefficient (Wildman–Crippen LogP) is 1.68. The van der Waals surface area contributed by atoms with Crippen LogP contribution in [0.5, 0.6) is 0 Å². The van der Waals surface area contributed by atoms with Gasteiger partial charge < -0.3 is 9.32 Å². The average molecular weight is 307 g/mol. The van der Waals surface area contributed by atoms with Crippen LogP contribution in [0.25, 0.3) is 0 Å². The number of carbonyl (C=O) groups is 1. The molecule has 1 fully saturated rings. The molecule has 0 atom stereocenters. The van der Waals surface area contributed by atoms with Crippen LogP contribution < -0.4 is 0 Å². The maximum absolute atomic E-state index is 12.3. The van der Waals surface area contributed by atoms with Crippen LogP contribution >= 0.6 is 11.6 Å². The van der Waals surface area contributed by atoms with Crippen molar-refractivity contribution >= 4 is 17.5 Å². The molecule has 0 saturated carbocycles.